The Hall–Kier alpha value is -0.540. The van der Waals surface area contributed by atoms with Crippen LogP contribution in [-0.4, -0.2) is 25.2 Å². The van der Waals surface area contributed by atoms with Gasteiger partial charge in [0.1, 0.15) is 0 Å². The number of hydrogen-bond donors (Lipinski definition) is 1. The second-order valence-electron chi connectivity index (χ2n) is 5.73. The van der Waals surface area contributed by atoms with Crippen molar-refractivity contribution in [3.63, 3.8) is 0 Å². The molecule has 94 valence electrons. The molecule has 1 unspecified atom stereocenters. The van der Waals surface area contributed by atoms with Gasteiger partial charge < -0.3 is 10.2 Å². The number of nitrogens with zero attached hydrogens (tertiary/aromatic N) is 1. The quantitative estimate of drug-likeness (QED) is 0.856. The lowest BCUT2D eigenvalue weighted by atomic mass is 10.1. The summed E-state index contributed by atoms with van der Waals surface area (Å²) in [7, 11) is 0. The molecule has 2 rings (SSSR count). The van der Waals surface area contributed by atoms with Gasteiger partial charge in [-0.05, 0) is 44.5 Å². The van der Waals surface area contributed by atoms with Gasteiger partial charge in [-0.1, -0.05) is 28.9 Å². The second-order valence-corrected chi connectivity index (χ2v) is 6.65. The van der Waals surface area contributed by atoms with Crippen molar-refractivity contribution in [2.75, 3.05) is 24.5 Å². The third-order valence-electron chi connectivity index (χ3n) is 3.22. The molecule has 0 aromatic heterocycles. The highest BCUT2D eigenvalue weighted by atomic mass is 79.9. The monoisotopic (exact) mass is 296 g/mol. The van der Waals surface area contributed by atoms with Gasteiger partial charge in [-0.25, -0.2) is 0 Å². The molecule has 1 N–H and O–H groups in total. The number of hydrogen-bond acceptors (Lipinski definition) is 2. The number of rotatable bonds is 1. The van der Waals surface area contributed by atoms with Gasteiger partial charge in [0.25, 0.3) is 0 Å². The summed E-state index contributed by atoms with van der Waals surface area (Å²) in [6.45, 7) is 10.1. The van der Waals surface area contributed by atoms with Crippen LogP contribution >= 0.6 is 15.9 Å². The van der Waals surface area contributed by atoms with Crippen LogP contribution in [0.25, 0.3) is 0 Å². The van der Waals surface area contributed by atoms with Crippen molar-refractivity contribution in [2.24, 2.45) is 5.92 Å². The molecule has 0 aliphatic carbocycles. The summed E-state index contributed by atoms with van der Waals surface area (Å²) in [5.74, 6) is 0.677. The normalized spacial score (nSPS) is 24.5. The Kier molecular flexibility index (Phi) is 3.79. The molecule has 17 heavy (non-hydrogen) atoms. The van der Waals surface area contributed by atoms with Crippen molar-refractivity contribution in [1.29, 1.82) is 0 Å². The van der Waals surface area contributed by atoms with Gasteiger partial charge in [0, 0.05) is 28.8 Å². The van der Waals surface area contributed by atoms with E-state index in [0.717, 1.165) is 24.1 Å². The van der Waals surface area contributed by atoms with E-state index in [4.69, 9.17) is 0 Å². The minimum absolute atomic E-state index is 0.174. The standard InChI is InChI=1S/C14H21BrN2/c1-11-8-16-14(2,3)10-17(9-11)13-6-4-5-12(15)7-13/h4-7,11,16H,8-10H2,1-3H3. The van der Waals surface area contributed by atoms with Gasteiger partial charge in [-0.15, -0.1) is 0 Å². The van der Waals surface area contributed by atoms with Gasteiger partial charge in [0.05, 0.1) is 0 Å². The van der Waals surface area contributed by atoms with Crippen LogP contribution in [0.3, 0.4) is 0 Å². The molecule has 1 atom stereocenters. The highest BCUT2D eigenvalue weighted by Crippen LogP contribution is 2.24. The van der Waals surface area contributed by atoms with E-state index in [9.17, 15) is 0 Å². The molecule has 1 aromatic rings. The van der Waals surface area contributed by atoms with Crippen LogP contribution in [0.4, 0.5) is 5.69 Å². The van der Waals surface area contributed by atoms with Gasteiger partial charge in [0.2, 0.25) is 0 Å². The molecule has 1 aromatic carbocycles. The maximum Gasteiger partial charge on any atom is 0.0378 e. The van der Waals surface area contributed by atoms with E-state index in [1.807, 2.05) is 0 Å². The molecule has 3 heteroatoms. The molecule has 0 spiro atoms. The smallest absolute Gasteiger partial charge is 0.0378 e. The molecular formula is C14H21BrN2. The molecular weight excluding hydrogens is 276 g/mol. The van der Waals surface area contributed by atoms with E-state index < -0.39 is 0 Å². The maximum atomic E-state index is 3.63. The Labute approximate surface area is 113 Å². The molecule has 1 fully saturated rings. The topological polar surface area (TPSA) is 15.3 Å². The molecule has 0 amide bonds. The van der Waals surface area contributed by atoms with E-state index in [1.165, 1.54) is 5.69 Å². The lowest BCUT2D eigenvalue weighted by Crippen LogP contribution is -2.46. The lowest BCUT2D eigenvalue weighted by Gasteiger charge is -2.31. The van der Waals surface area contributed by atoms with Crippen molar-refractivity contribution >= 4 is 21.6 Å². The average Bonchev–Trinajstić information content (AvgIpc) is 2.38. The Morgan fingerprint density at radius 3 is 2.88 bits per heavy atom. The predicted molar refractivity (Wildman–Crippen MR) is 77.6 cm³/mol. The molecule has 0 radical (unpaired) electrons. The van der Waals surface area contributed by atoms with Crippen molar-refractivity contribution < 1.29 is 0 Å². The third-order valence-corrected chi connectivity index (χ3v) is 3.71. The summed E-state index contributed by atoms with van der Waals surface area (Å²) >= 11 is 3.55. The lowest BCUT2D eigenvalue weighted by molar-refractivity contribution is 0.402. The van der Waals surface area contributed by atoms with E-state index in [2.05, 4.69) is 71.2 Å². The van der Waals surface area contributed by atoms with Gasteiger partial charge in [-0.2, -0.15) is 0 Å². The zero-order chi connectivity index (χ0) is 12.5. The Bertz CT molecular complexity index is 390. The first-order valence-corrected chi connectivity index (χ1v) is 7.01. The van der Waals surface area contributed by atoms with Crippen LogP contribution in [-0.2, 0) is 0 Å². The molecule has 1 aliphatic rings. The Balaban J connectivity index is 2.23. The summed E-state index contributed by atoms with van der Waals surface area (Å²) in [5, 5.41) is 3.63. The highest BCUT2D eigenvalue weighted by Gasteiger charge is 2.26. The maximum absolute atomic E-state index is 3.63. The fourth-order valence-corrected chi connectivity index (χ4v) is 2.75. The molecule has 0 bridgehead atoms. The van der Waals surface area contributed by atoms with Crippen LogP contribution < -0.4 is 10.2 Å². The van der Waals surface area contributed by atoms with Gasteiger partial charge >= 0.3 is 0 Å². The highest BCUT2D eigenvalue weighted by molar-refractivity contribution is 9.10. The molecule has 1 heterocycles. The van der Waals surface area contributed by atoms with Crippen LogP contribution in [0.2, 0.25) is 0 Å². The van der Waals surface area contributed by atoms with Crippen molar-refractivity contribution in [3.05, 3.63) is 28.7 Å². The summed E-state index contributed by atoms with van der Waals surface area (Å²) in [6.07, 6.45) is 0. The van der Waals surface area contributed by atoms with Crippen LogP contribution in [0, 0.1) is 5.92 Å². The third kappa shape index (κ3) is 3.46. The molecule has 1 saturated heterocycles. The fourth-order valence-electron chi connectivity index (χ4n) is 2.36. The zero-order valence-corrected chi connectivity index (χ0v) is 12.4. The Morgan fingerprint density at radius 2 is 2.18 bits per heavy atom. The van der Waals surface area contributed by atoms with E-state index in [-0.39, 0.29) is 5.54 Å². The molecule has 1 aliphatic heterocycles. The SMILES string of the molecule is CC1CNC(C)(C)CN(c2cccc(Br)c2)C1. The summed E-state index contributed by atoms with van der Waals surface area (Å²) in [5.41, 5.74) is 1.48. The Morgan fingerprint density at radius 1 is 1.41 bits per heavy atom. The average molecular weight is 297 g/mol. The fraction of sp³-hybridized carbons (Fsp3) is 0.571. The zero-order valence-electron chi connectivity index (χ0n) is 10.8. The molecule has 2 nitrogen and oxygen atoms in total. The summed E-state index contributed by atoms with van der Waals surface area (Å²) in [6, 6.07) is 8.58. The van der Waals surface area contributed by atoms with Crippen molar-refractivity contribution in [2.45, 2.75) is 26.3 Å². The van der Waals surface area contributed by atoms with Crippen LogP contribution in [0.15, 0.2) is 28.7 Å². The van der Waals surface area contributed by atoms with E-state index in [1.54, 1.807) is 0 Å². The molecule has 0 saturated carbocycles. The minimum Gasteiger partial charge on any atom is -0.369 e. The minimum atomic E-state index is 0.174. The number of nitrogens with one attached hydrogen (secondary N) is 1. The van der Waals surface area contributed by atoms with Gasteiger partial charge in [0.15, 0.2) is 0 Å². The van der Waals surface area contributed by atoms with Gasteiger partial charge in [-0.3, -0.25) is 0 Å². The largest absolute Gasteiger partial charge is 0.369 e. The first-order chi connectivity index (χ1) is 7.96. The summed E-state index contributed by atoms with van der Waals surface area (Å²) < 4.78 is 1.15. The first-order valence-electron chi connectivity index (χ1n) is 6.22. The predicted octanol–water partition coefficient (Wildman–Crippen LogP) is 3.27. The number of benzene rings is 1. The number of halogens is 1. The summed E-state index contributed by atoms with van der Waals surface area (Å²) in [4.78, 5) is 2.48. The van der Waals surface area contributed by atoms with Crippen molar-refractivity contribution in [3.8, 4) is 0 Å². The van der Waals surface area contributed by atoms with Crippen LogP contribution in [0.1, 0.15) is 20.8 Å². The van der Waals surface area contributed by atoms with E-state index >= 15 is 0 Å². The number of anilines is 1. The van der Waals surface area contributed by atoms with Crippen molar-refractivity contribution in [1.82, 2.24) is 5.32 Å². The van der Waals surface area contributed by atoms with E-state index in [0.29, 0.717) is 5.92 Å². The first kappa shape index (κ1) is 12.9. The second kappa shape index (κ2) is 4.99. The van der Waals surface area contributed by atoms with Crippen LogP contribution in [0.5, 0.6) is 0 Å².